The molecule has 0 unspecified atom stereocenters. The van der Waals surface area contributed by atoms with Gasteiger partial charge in [0.1, 0.15) is 0 Å². The van der Waals surface area contributed by atoms with E-state index in [1.807, 2.05) is 0 Å². The number of nitrogens with one attached hydrogen (secondary N) is 1. The van der Waals surface area contributed by atoms with Crippen LogP contribution in [-0.2, 0) is 10.0 Å². The summed E-state index contributed by atoms with van der Waals surface area (Å²) in [7, 11) is 0. The average Bonchev–Trinajstić information content (AvgIpc) is 1.38. The highest BCUT2D eigenvalue weighted by molar-refractivity contribution is 5.71. The predicted molar refractivity (Wildman–Crippen MR) is 14.5 cm³/mol. The smallest absolute Gasteiger partial charge is 0.242 e. The lowest BCUT2D eigenvalue weighted by Gasteiger charge is -1.74. The molecule has 0 aliphatic carbocycles. The SMILES string of the molecule is CC(=O)N[O]. The molecular weight excluding hydrogens is 70.0 g/mol. The molecule has 0 atom stereocenters. The summed E-state index contributed by atoms with van der Waals surface area (Å²) in [6.07, 6.45) is 0. The summed E-state index contributed by atoms with van der Waals surface area (Å²) in [5.41, 5.74) is 1.14. The zero-order chi connectivity index (χ0) is 4.28. The van der Waals surface area contributed by atoms with Crippen molar-refractivity contribution < 1.29 is 10.0 Å². The third-order valence-corrected chi connectivity index (χ3v) is 0.144. The van der Waals surface area contributed by atoms with Gasteiger partial charge in [0, 0.05) is 6.92 Å². The zero-order valence-electron chi connectivity index (χ0n) is 2.82. The van der Waals surface area contributed by atoms with Gasteiger partial charge in [-0.15, -0.1) is 0 Å². The molecule has 0 rings (SSSR count). The van der Waals surface area contributed by atoms with E-state index in [9.17, 15) is 4.79 Å². The van der Waals surface area contributed by atoms with Crippen LogP contribution in [0.3, 0.4) is 0 Å². The van der Waals surface area contributed by atoms with E-state index in [0.717, 1.165) is 12.4 Å². The summed E-state index contributed by atoms with van der Waals surface area (Å²) in [5.74, 6) is -0.551. The normalized spacial score (nSPS) is 6.80. The second kappa shape index (κ2) is 1.72. The second-order valence-corrected chi connectivity index (χ2v) is 0.658. The monoisotopic (exact) mass is 74.0 g/mol. The van der Waals surface area contributed by atoms with Crippen molar-refractivity contribution in [3.8, 4) is 0 Å². The van der Waals surface area contributed by atoms with Gasteiger partial charge in [0.25, 0.3) is 0 Å². The zero-order valence-corrected chi connectivity index (χ0v) is 2.82. The standard InChI is InChI=1S/C2H4NO2/c1-2(4)3-5/h1H3,(H,3,4). The summed E-state index contributed by atoms with van der Waals surface area (Å²) in [5, 5.41) is 9.03. The number of amides is 1. The molecule has 1 amide bonds. The first-order chi connectivity index (χ1) is 2.27. The molecule has 0 bridgehead atoms. The number of carbonyl (C=O) groups excluding carboxylic acids is 1. The van der Waals surface area contributed by atoms with Crippen LogP contribution >= 0.6 is 0 Å². The Labute approximate surface area is 29.6 Å². The summed E-state index contributed by atoms with van der Waals surface area (Å²) >= 11 is 0. The van der Waals surface area contributed by atoms with E-state index >= 15 is 0 Å². The fourth-order valence-corrected chi connectivity index (χ4v) is 0. The molecule has 3 nitrogen and oxygen atoms in total. The highest BCUT2D eigenvalue weighted by atomic mass is 16.5. The minimum Gasteiger partial charge on any atom is -0.273 e. The lowest BCUT2D eigenvalue weighted by molar-refractivity contribution is -0.130. The molecule has 0 saturated carbocycles. The summed E-state index contributed by atoms with van der Waals surface area (Å²) < 4.78 is 0. The molecule has 0 aromatic rings. The molecule has 3 heteroatoms. The first-order valence-electron chi connectivity index (χ1n) is 1.16. The molecule has 0 aromatic carbocycles. The lowest BCUT2D eigenvalue weighted by atomic mass is 10.8. The van der Waals surface area contributed by atoms with Crippen LogP contribution in [0.1, 0.15) is 6.92 Å². The lowest BCUT2D eigenvalue weighted by Crippen LogP contribution is -2.10. The Balaban J connectivity index is 2.85. The molecule has 1 radical (unpaired) electrons. The van der Waals surface area contributed by atoms with Crippen molar-refractivity contribution in [2.75, 3.05) is 0 Å². The molecule has 0 aliphatic rings. The van der Waals surface area contributed by atoms with Crippen molar-refractivity contribution >= 4 is 5.91 Å². The average molecular weight is 74.1 g/mol. The number of hydrogen-bond acceptors (Lipinski definition) is 1. The summed E-state index contributed by atoms with van der Waals surface area (Å²) in [6.45, 7) is 1.16. The Morgan fingerprint density at radius 3 is 2.00 bits per heavy atom. The van der Waals surface area contributed by atoms with Crippen molar-refractivity contribution in [2.24, 2.45) is 0 Å². The van der Waals surface area contributed by atoms with Crippen molar-refractivity contribution in [1.82, 2.24) is 5.48 Å². The van der Waals surface area contributed by atoms with E-state index in [2.05, 4.69) is 0 Å². The first-order valence-corrected chi connectivity index (χ1v) is 1.16. The number of carbonyl (C=O) groups is 1. The maximum atomic E-state index is 9.39. The predicted octanol–water partition coefficient (Wildman–Crippen LogP) is -0.532. The van der Waals surface area contributed by atoms with Crippen molar-refractivity contribution in [1.29, 1.82) is 0 Å². The van der Waals surface area contributed by atoms with E-state index in [4.69, 9.17) is 5.21 Å². The van der Waals surface area contributed by atoms with Gasteiger partial charge in [-0.2, -0.15) is 0 Å². The van der Waals surface area contributed by atoms with Crippen LogP contribution in [0, 0.1) is 0 Å². The number of hydrogen-bond donors (Lipinski definition) is 1. The first kappa shape index (κ1) is 4.43. The van der Waals surface area contributed by atoms with Crippen LogP contribution in [0.4, 0.5) is 0 Å². The molecule has 0 spiro atoms. The third-order valence-electron chi connectivity index (χ3n) is 0.144. The highest BCUT2D eigenvalue weighted by Crippen LogP contribution is 1.45. The Morgan fingerprint density at radius 2 is 2.00 bits per heavy atom. The maximum absolute atomic E-state index is 9.39. The van der Waals surface area contributed by atoms with Gasteiger partial charge in [0.15, 0.2) is 0 Å². The van der Waals surface area contributed by atoms with Gasteiger partial charge in [0.05, 0.1) is 0 Å². The largest absolute Gasteiger partial charge is 0.273 e. The van der Waals surface area contributed by atoms with E-state index in [1.165, 1.54) is 0 Å². The molecule has 0 saturated heterocycles. The van der Waals surface area contributed by atoms with E-state index in [1.54, 1.807) is 0 Å². The third kappa shape index (κ3) is 3.43. The van der Waals surface area contributed by atoms with Crippen LogP contribution in [0.2, 0.25) is 0 Å². The van der Waals surface area contributed by atoms with Gasteiger partial charge < -0.3 is 0 Å². The summed E-state index contributed by atoms with van der Waals surface area (Å²) in [6, 6.07) is 0. The fraction of sp³-hybridized carbons (Fsp3) is 0.500. The molecule has 5 heavy (non-hydrogen) atoms. The number of rotatable bonds is 0. The van der Waals surface area contributed by atoms with Gasteiger partial charge in [-0.05, 0) is 0 Å². The van der Waals surface area contributed by atoms with Crippen LogP contribution in [0.25, 0.3) is 0 Å². The van der Waals surface area contributed by atoms with Crippen molar-refractivity contribution in [3.05, 3.63) is 0 Å². The van der Waals surface area contributed by atoms with Crippen LogP contribution < -0.4 is 5.48 Å². The topological polar surface area (TPSA) is 49.0 Å². The Kier molecular flexibility index (Phi) is 1.53. The maximum Gasteiger partial charge on any atom is 0.242 e. The number of hydroxylamine groups is 1. The quantitative estimate of drug-likeness (QED) is 0.386. The Bertz CT molecular complexity index is 42.9. The van der Waals surface area contributed by atoms with Crippen molar-refractivity contribution in [2.45, 2.75) is 6.92 Å². The van der Waals surface area contributed by atoms with Gasteiger partial charge in [-0.25, -0.2) is 5.48 Å². The Hall–Kier alpha value is -0.570. The van der Waals surface area contributed by atoms with Crippen LogP contribution in [0.5, 0.6) is 0 Å². The van der Waals surface area contributed by atoms with E-state index in [-0.39, 0.29) is 0 Å². The van der Waals surface area contributed by atoms with Crippen LogP contribution in [0.15, 0.2) is 0 Å². The molecule has 0 aliphatic heterocycles. The van der Waals surface area contributed by atoms with E-state index in [0.29, 0.717) is 0 Å². The molecule has 0 fully saturated rings. The van der Waals surface area contributed by atoms with E-state index < -0.39 is 5.91 Å². The molecule has 0 aromatic heterocycles. The second-order valence-electron chi connectivity index (χ2n) is 0.658. The van der Waals surface area contributed by atoms with Gasteiger partial charge >= 0.3 is 0 Å². The Morgan fingerprint density at radius 1 is 1.80 bits per heavy atom. The minimum atomic E-state index is -0.551. The van der Waals surface area contributed by atoms with Gasteiger partial charge in [-0.3, -0.25) is 4.79 Å². The van der Waals surface area contributed by atoms with Crippen molar-refractivity contribution in [3.63, 3.8) is 0 Å². The van der Waals surface area contributed by atoms with Crippen LogP contribution in [-0.4, -0.2) is 5.91 Å². The minimum absolute atomic E-state index is 0.551. The molecule has 29 valence electrons. The van der Waals surface area contributed by atoms with Gasteiger partial charge in [0.2, 0.25) is 5.91 Å². The molecular formula is C2H4NO2. The van der Waals surface area contributed by atoms with Gasteiger partial charge in [-0.1, -0.05) is 5.21 Å². The molecule has 0 heterocycles. The highest BCUT2D eigenvalue weighted by Gasteiger charge is 1.76. The summed E-state index contributed by atoms with van der Waals surface area (Å²) in [4.78, 5) is 9.39. The fourth-order valence-electron chi connectivity index (χ4n) is 0. The molecule has 1 N–H and O–H groups in total.